The maximum Gasteiger partial charge on any atom is 0.321 e. The summed E-state index contributed by atoms with van der Waals surface area (Å²) >= 11 is 1.60. The average Bonchev–Trinajstić information content (AvgIpc) is 3.42. The third kappa shape index (κ3) is 27.7. The second-order valence-corrected chi connectivity index (χ2v) is 12.0. The molecule has 290 valence electrons. The summed E-state index contributed by atoms with van der Waals surface area (Å²) in [6.45, 7) is 3.89. The number of primary amides is 1. The maximum atomic E-state index is 10.6. The SMILES string of the molecule is CC(C)C[C@H](N)C(=O)O.CSCC[C@H](N)C(=O)O.NC(=O)C[C@H](N)C(=O)O.N[C@@H](CC(=O)O)C(=O)O.N[C@@H](Cc1c[nH]c2ccccc12)C(=O)O. The second-order valence-electron chi connectivity index (χ2n) is 11.0. The molecule has 0 radical (unpaired) electrons. The number of thioether (sulfide) groups is 1. The van der Waals surface area contributed by atoms with E-state index in [-0.39, 0.29) is 6.42 Å². The number of carboxylic acid groups (broad SMARTS) is 6. The summed E-state index contributed by atoms with van der Waals surface area (Å²) < 4.78 is 0. The van der Waals surface area contributed by atoms with Crippen LogP contribution in [0.3, 0.4) is 0 Å². The Morgan fingerprint density at radius 3 is 1.47 bits per heavy atom. The Kier molecular flexibility index (Phi) is 27.7. The van der Waals surface area contributed by atoms with Gasteiger partial charge >= 0.3 is 35.8 Å². The lowest BCUT2D eigenvalue weighted by atomic mass is 10.1. The number of fused-ring (bicyclic) bond motifs is 1. The smallest absolute Gasteiger partial charge is 0.321 e. The lowest BCUT2D eigenvalue weighted by molar-refractivity contribution is -0.144. The molecule has 0 unspecified atom stereocenters. The van der Waals surface area contributed by atoms with E-state index < -0.39 is 78.4 Å². The highest BCUT2D eigenvalue weighted by atomic mass is 32.2. The van der Waals surface area contributed by atoms with E-state index in [1.54, 1.807) is 11.8 Å². The minimum Gasteiger partial charge on any atom is -0.481 e. The highest BCUT2D eigenvalue weighted by Crippen LogP contribution is 2.18. The van der Waals surface area contributed by atoms with Crippen LogP contribution < -0.4 is 34.4 Å². The molecule has 1 aromatic carbocycles. The zero-order chi connectivity index (χ0) is 40.4. The third-order valence-corrected chi connectivity index (χ3v) is 6.52. The summed E-state index contributed by atoms with van der Waals surface area (Å²) in [4.78, 5) is 73.4. The average molecular weight is 750 g/mol. The number of nitrogens with two attached hydrogens (primary N) is 6. The van der Waals surface area contributed by atoms with E-state index in [9.17, 15) is 33.6 Å². The van der Waals surface area contributed by atoms with Crippen molar-refractivity contribution in [2.45, 2.75) is 76.2 Å². The predicted molar refractivity (Wildman–Crippen MR) is 189 cm³/mol. The molecule has 0 fully saturated rings. The van der Waals surface area contributed by atoms with E-state index in [1.807, 2.05) is 50.6 Å². The van der Waals surface area contributed by atoms with Gasteiger partial charge < -0.3 is 70.0 Å². The van der Waals surface area contributed by atoms with Crippen molar-refractivity contribution < 1.29 is 64.2 Å². The number of aromatic nitrogens is 1. The maximum absolute atomic E-state index is 10.6. The fourth-order valence-electron chi connectivity index (χ4n) is 3.18. The Morgan fingerprint density at radius 2 is 1.14 bits per heavy atom. The first kappa shape index (κ1) is 50.6. The number of benzene rings is 1. The monoisotopic (exact) mass is 749 g/mol. The number of aliphatic carboxylic acids is 6. The Morgan fingerprint density at radius 1 is 0.686 bits per heavy atom. The molecule has 1 amide bonds. The highest BCUT2D eigenvalue weighted by molar-refractivity contribution is 7.98. The number of carboxylic acids is 6. The first-order valence-electron chi connectivity index (χ1n) is 14.9. The van der Waals surface area contributed by atoms with Crippen LogP contribution in [0.15, 0.2) is 30.5 Å². The third-order valence-electron chi connectivity index (χ3n) is 5.87. The van der Waals surface area contributed by atoms with Gasteiger partial charge in [-0.05, 0) is 42.4 Å². The Hall–Kier alpha value is -4.80. The molecule has 51 heavy (non-hydrogen) atoms. The number of aromatic amines is 1. The summed E-state index contributed by atoms with van der Waals surface area (Å²) in [5.74, 6) is -6.04. The van der Waals surface area contributed by atoms with E-state index in [1.165, 1.54) is 0 Å². The Labute approximate surface area is 297 Å². The van der Waals surface area contributed by atoms with Gasteiger partial charge in [-0.25, -0.2) is 0 Å². The Bertz CT molecular complexity index is 1360. The second kappa shape index (κ2) is 28.0. The van der Waals surface area contributed by atoms with Crippen LogP contribution >= 0.6 is 11.8 Å². The van der Waals surface area contributed by atoms with E-state index in [0.717, 1.165) is 22.2 Å². The fourth-order valence-corrected chi connectivity index (χ4v) is 3.67. The first-order valence-corrected chi connectivity index (χ1v) is 16.3. The first-order chi connectivity index (χ1) is 23.5. The number of carbonyl (C=O) groups excluding carboxylic acids is 1. The predicted octanol–water partition coefficient (Wildman–Crippen LogP) is -1.14. The lowest BCUT2D eigenvalue weighted by Crippen LogP contribution is -2.34. The van der Waals surface area contributed by atoms with Crippen molar-refractivity contribution in [3.8, 4) is 0 Å². The number of hydrogen-bond acceptors (Lipinski definition) is 13. The minimum absolute atomic E-state index is 0.310. The topological polar surface area (TPSA) is 413 Å². The van der Waals surface area contributed by atoms with Crippen molar-refractivity contribution in [2.75, 3.05) is 12.0 Å². The number of para-hydroxylation sites is 1. The standard InChI is InChI=1S/C11H12N2O2.C6H13NO2.C5H11NO2S.C4H8N2O3.C4H7NO4/c12-9(11(14)15)5-7-6-13-10-4-2-1-3-8(7)10;1-4(2)3-5(7)6(8)9;1-9-3-2-4(6)5(7)8;2*5-2(4(8)9)1-3(6)7/h1-4,6,9,13H,5,12H2,(H,14,15);4-5H,3,7H2,1-2H3,(H,8,9);4H,2-3,6H2,1H3,(H,7,8);2H,1,5H2,(H2,6,7)(H,8,9);2H,1,5H2,(H,6,7)(H,8,9)/t9-;5-;4-;2*2-/m00000/s1. The molecule has 19 N–H and O–H groups in total. The van der Waals surface area contributed by atoms with Crippen LogP contribution in [0.5, 0.6) is 0 Å². The van der Waals surface area contributed by atoms with E-state index >= 15 is 0 Å². The zero-order valence-corrected chi connectivity index (χ0v) is 29.3. The molecule has 0 saturated heterocycles. The van der Waals surface area contributed by atoms with Gasteiger partial charge in [-0.15, -0.1) is 0 Å². The van der Waals surface area contributed by atoms with Crippen LogP contribution in [0.1, 0.15) is 45.1 Å². The molecule has 0 spiro atoms. The molecule has 2 rings (SSSR count). The molecule has 20 nitrogen and oxygen atoms in total. The lowest BCUT2D eigenvalue weighted by Gasteiger charge is -2.07. The number of carbonyl (C=O) groups is 7. The summed E-state index contributed by atoms with van der Waals surface area (Å²) in [5, 5.41) is 50.5. The van der Waals surface area contributed by atoms with Gasteiger partial charge in [-0.1, -0.05) is 32.0 Å². The number of H-pyrrole nitrogens is 1. The summed E-state index contributed by atoms with van der Waals surface area (Å²) in [6, 6.07) is 3.09. The summed E-state index contributed by atoms with van der Waals surface area (Å²) in [7, 11) is 0. The summed E-state index contributed by atoms with van der Waals surface area (Å²) in [6.07, 6.45) is 4.35. The van der Waals surface area contributed by atoms with Gasteiger partial charge in [0.15, 0.2) is 0 Å². The van der Waals surface area contributed by atoms with Crippen LogP contribution in [0, 0.1) is 5.92 Å². The quantitative estimate of drug-likeness (QED) is 0.0964. The molecular formula is C30H51N7O13S. The van der Waals surface area contributed by atoms with Gasteiger partial charge in [0, 0.05) is 23.5 Å². The van der Waals surface area contributed by atoms with Crippen LogP contribution in [-0.2, 0) is 40.0 Å². The van der Waals surface area contributed by atoms with Gasteiger partial charge in [0.05, 0.1) is 12.8 Å². The summed E-state index contributed by atoms with van der Waals surface area (Å²) in [5.41, 5.74) is 32.2. The van der Waals surface area contributed by atoms with Crippen molar-refractivity contribution in [2.24, 2.45) is 40.3 Å². The fraction of sp³-hybridized carbons (Fsp3) is 0.500. The Balaban J connectivity index is -0.000000579. The number of rotatable bonds is 16. The molecule has 0 aliphatic rings. The minimum atomic E-state index is -1.29. The molecule has 21 heteroatoms. The number of amides is 1. The van der Waals surface area contributed by atoms with Gasteiger partial charge in [-0.3, -0.25) is 33.6 Å². The normalized spacial score (nSPS) is 13.0. The number of hydrogen-bond donors (Lipinski definition) is 13. The van der Waals surface area contributed by atoms with Crippen LogP contribution in [0.25, 0.3) is 10.9 Å². The highest BCUT2D eigenvalue weighted by Gasteiger charge is 2.16. The van der Waals surface area contributed by atoms with Crippen LogP contribution in [0.4, 0.5) is 0 Å². The molecule has 0 bridgehead atoms. The van der Waals surface area contributed by atoms with Gasteiger partial charge in [-0.2, -0.15) is 11.8 Å². The molecule has 0 saturated carbocycles. The molecule has 0 aliphatic carbocycles. The van der Waals surface area contributed by atoms with Crippen molar-refractivity contribution in [3.05, 3.63) is 36.0 Å². The molecular weight excluding hydrogens is 698 g/mol. The van der Waals surface area contributed by atoms with Crippen molar-refractivity contribution in [1.82, 2.24) is 4.98 Å². The largest absolute Gasteiger partial charge is 0.481 e. The molecule has 0 aliphatic heterocycles. The van der Waals surface area contributed by atoms with Gasteiger partial charge in [0.25, 0.3) is 0 Å². The molecule has 1 heterocycles. The van der Waals surface area contributed by atoms with E-state index in [0.29, 0.717) is 25.2 Å². The van der Waals surface area contributed by atoms with Crippen molar-refractivity contribution in [3.63, 3.8) is 0 Å². The van der Waals surface area contributed by atoms with Gasteiger partial charge in [0.1, 0.15) is 30.2 Å². The van der Waals surface area contributed by atoms with E-state index in [4.69, 9.17) is 59.3 Å². The van der Waals surface area contributed by atoms with Crippen LogP contribution in [-0.4, -0.2) is 120 Å². The molecule has 2 aromatic rings. The van der Waals surface area contributed by atoms with Crippen LogP contribution in [0.2, 0.25) is 0 Å². The molecule has 1 aromatic heterocycles. The molecule has 5 atom stereocenters. The number of nitrogens with one attached hydrogen (secondary N) is 1. The zero-order valence-electron chi connectivity index (χ0n) is 28.5. The van der Waals surface area contributed by atoms with Gasteiger partial charge in [0.2, 0.25) is 5.91 Å². The van der Waals surface area contributed by atoms with Crippen molar-refractivity contribution in [1.29, 1.82) is 0 Å². The van der Waals surface area contributed by atoms with Crippen molar-refractivity contribution >= 4 is 64.4 Å². The van der Waals surface area contributed by atoms with E-state index in [2.05, 4.69) is 10.7 Å².